The summed E-state index contributed by atoms with van der Waals surface area (Å²) in [6, 6.07) is 24.3. The van der Waals surface area contributed by atoms with E-state index in [0.29, 0.717) is 28.5 Å². The predicted molar refractivity (Wildman–Crippen MR) is 274 cm³/mol. The fourth-order valence-electron chi connectivity index (χ4n) is 7.06. The molecule has 0 aliphatic carbocycles. The molecule has 6 radical (unpaired) electrons. The van der Waals surface area contributed by atoms with Crippen molar-refractivity contribution >= 4 is 5.69 Å². The zero-order valence-corrected chi connectivity index (χ0v) is 63.3. The van der Waals surface area contributed by atoms with E-state index >= 15 is 0 Å². The van der Waals surface area contributed by atoms with Crippen molar-refractivity contribution in [2.75, 3.05) is 39.3 Å². The second kappa shape index (κ2) is 39.2. The number of rotatable bonds is 1. The molecule has 3 heterocycles. The topological polar surface area (TPSA) is 89.9 Å². The summed E-state index contributed by atoms with van der Waals surface area (Å²) in [5.41, 5.74) is 23.4. The maximum absolute atomic E-state index is 7.30. The van der Waals surface area contributed by atoms with Crippen LogP contribution in [0.2, 0.25) is 0 Å². The predicted octanol–water partition coefficient (Wildman–Crippen LogP) is 17.6. The van der Waals surface area contributed by atoms with Crippen LogP contribution in [0.1, 0.15) is 172 Å². The van der Waals surface area contributed by atoms with Crippen molar-refractivity contribution in [2.24, 2.45) is 34.0 Å². The number of hydrogen-bond donors (Lipinski definition) is 0. The molecule has 3 aliphatic rings. The van der Waals surface area contributed by atoms with Gasteiger partial charge < -0.3 is 27.4 Å². The molecule has 3 aromatic rings. The van der Waals surface area contributed by atoms with E-state index in [9.17, 15) is 0 Å². The first-order valence-corrected chi connectivity index (χ1v) is 23.2. The fourth-order valence-corrected chi connectivity index (χ4v) is 7.06. The van der Waals surface area contributed by atoms with Crippen molar-refractivity contribution in [3.05, 3.63) is 135 Å². The van der Waals surface area contributed by atoms with E-state index in [4.69, 9.17) is 11.5 Å². The molecule has 3 aromatic carbocycles. The van der Waals surface area contributed by atoms with Crippen LogP contribution in [0.5, 0.6) is 0 Å². The van der Waals surface area contributed by atoms with Crippen LogP contribution < -0.4 is 0 Å². The van der Waals surface area contributed by atoms with Gasteiger partial charge in [-0.1, -0.05) is 221 Å². The van der Waals surface area contributed by atoms with E-state index in [1.165, 1.54) is 36.0 Å². The SMILES string of the molecule is CC(C)(C)C1CC[N-]C1.CC(C)(C)C1CC[N-]CC1.CC(C)(C)C1C[N-]C1.CC(C)(C)c1ccc(C[NH-])cc1.CC(C)(C)c1ccc([NH-])cc1.[CH2-]c1ccccc1C(C)(C)C.[Y].[Y].[Y].[Y].[Y].[Y]. The van der Waals surface area contributed by atoms with Gasteiger partial charge in [-0.15, -0.1) is 69.2 Å². The van der Waals surface area contributed by atoms with Crippen LogP contribution in [0, 0.1) is 40.9 Å². The van der Waals surface area contributed by atoms with Gasteiger partial charge in [0.2, 0.25) is 0 Å². The summed E-state index contributed by atoms with van der Waals surface area (Å²) in [6.07, 6.45) is 3.93. The molecule has 3 saturated heterocycles. The van der Waals surface area contributed by atoms with E-state index in [1.54, 1.807) is 0 Å². The van der Waals surface area contributed by atoms with Crippen molar-refractivity contribution in [3.8, 4) is 0 Å². The Morgan fingerprint density at radius 3 is 1.04 bits per heavy atom. The van der Waals surface area contributed by atoms with Gasteiger partial charge in [-0.25, -0.2) is 0 Å². The summed E-state index contributed by atoms with van der Waals surface area (Å²) < 4.78 is 0. The quantitative estimate of drug-likeness (QED) is 0.217. The van der Waals surface area contributed by atoms with E-state index in [1.807, 2.05) is 42.5 Å². The maximum Gasteiger partial charge on any atom is 0 e. The summed E-state index contributed by atoms with van der Waals surface area (Å²) in [6.45, 7) is 51.5. The first-order chi connectivity index (χ1) is 27.9. The van der Waals surface area contributed by atoms with Gasteiger partial charge in [-0.2, -0.15) is 18.6 Å². The molecule has 11 heteroatoms. The van der Waals surface area contributed by atoms with Crippen LogP contribution >= 0.6 is 0 Å². The van der Waals surface area contributed by atoms with Crippen LogP contribution in [0.3, 0.4) is 0 Å². The van der Waals surface area contributed by atoms with Crippen LogP contribution in [0.4, 0.5) is 5.69 Å². The molecular weight excluding hydrogens is 1280 g/mol. The monoisotopic (exact) mass is 1370 g/mol. The van der Waals surface area contributed by atoms with Crippen molar-refractivity contribution in [1.82, 2.24) is 0 Å². The third-order valence-electron chi connectivity index (χ3n) is 12.2. The molecule has 0 amide bonds. The summed E-state index contributed by atoms with van der Waals surface area (Å²) in [5, 5.41) is 12.8. The van der Waals surface area contributed by atoms with Crippen LogP contribution in [0.15, 0.2) is 72.8 Å². The van der Waals surface area contributed by atoms with Crippen molar-refractivity contribution in [1.29, 1.82) is 0 Å². The molecule has 3 aliphatic heterocycles. The average Bonchev–Trinajstić information content (AvgIpc) is 3.68. The standard InChI is InChI=1S/C11H16N.C11H15.C10H14N.C9H18N.C8H16N.C7H14N.6Y/c1-11(2,3)10-6-4-9(8-12)5-7-10;1-9-7-5-6-8-10(9)11(2,3)4;1-10(2,3)8-4-6-9(11)7-5-8;1-9(2,3)8-4-6-10-7-5-8;1-8(2,3)7-4-5-9-6-7;1-7(2,3)6-4-8-5-6;;;;;;/h4-7,12H,8H2,1-3H3;5-8H,1H2,2-4H3;4-7,11H,1-3H3;8H,4-7H2,1-3H3;7H,4-6H2,1-3H3;6H,4-5H2,1-3H3;;;;;;/q6*-1;;;;;;. The number of hydrogen-bond acceptors (Lipinski definition) is 0. The molecule has 5 nitrogen and oxygen atoms in total. The van der Waals surface area contributed by atoms with Crippen molar-refractivity contribution in [2.45, 2.75) is 167 Å². The van der Waals surface area contributed by atoms with Gasteiger partial charge in [0.15, 0.2) is 0 Å². The Morgan fingerprint density at radius 2 is 0.806 bits per heavy atom. The van der Waals surface area contributed by atoms with Gasteiger partial charge >= 0.3 is 0 Å². The minimum absolute atomic E-state index is 0. The molecule has 0 saturated carbocycles. The van der Waals surface area contributed by atoms with Crippen LogP contribution in [-0.4, -0.2) is 39.3 Å². The van der Waals surface area contributed by atoms with Gasteiger partial charge in [-0.05, 0) is 44.1 Å². The minimum atomic E-state index is 0. The Kier molecular flexibility index (Phi) is 48.1. The van der Waals surface area contributed by atoms with Crippen molar-refractivity contribution in [3.63, 3.8) is 0 Å². The van der Waals surface area contributed by atoms with Gasteiger partial charge in [0.05, 0.1) is 0 Å². The smallest absolute Gasteiger partial charge is 0 e. The Morgan fingerprint density at radius 1 is 0.448 bits per heavy atom. The molecule has 3 fully saturated rings. The van der Waals surface area contributed by atoms with Gasteiger partial charge in [0.25, 0.3) is 0 Å². The Bertz CT molecular complexity index is 1610. The van der Waals surface area contributed by atoms with E-state index in [0.717, 1.165) is 68.1 Å². The minimum Gasteiger partial charge on any atom is -0.699 e. The molecule has 1 atom stereocenters. The number of nitrogens with zero attached hydrogens (tertiary/aromatic N) is 3. The van der Waals surface area contributed by atoms with E-state index in [2.05, 4.69) is 178 Å². The Balaban J connectivity index is -0.000000164. The Hall–Kier alpha value is 3.79. The van der Waals surface area contributed by atoms with Crippen LogP contribution in [0.25, 0.3) is 27.4 Å². The second-order valence-corrected chi connectivity index (χ2v) is 23.8. The molecule has 0 aromatic heterocycles. The van der Waals surface area contributed by atoms with Crippen LogP contribution in [-0.2, 0) is 219 Å². The average molecular weight is 1370 g/mol. The van der Waals surface area contributed by atoms with Gasteiger partial charge in [0, 0.05) is 196 Å². The third-order valence-corrected chi connectivity index (χ3v) is 12.2. The summed E-state index contributed by atoms with van der Waals surface area (Å²) in [4.78, 5) is 0. The summed E-state index contributed by atoms with van der Waals surface area (Å²) in [7, 11) is 0. The van der Waals surface area contributed by atoms with E-state index < -0.39 is 0 Å². The molecular formula is C56H93N5Y6-6. The number of nitrogens with one attached hydrogen (secondary N) is 2. The van der Waals surface area contributed by atoms with Gasteiger partial charge in [0.1, 0.15) is 0 Å². The normalized spacial score (nSPS) is 16.0. The zero-order chi connectivity index (χ0) is 46.9. The molecule has 0 spiro atoms. The van der Waals surface area contributed by atoms with Crippen molar-refractivity contribution < 1.29 is 196 Å². The second-order valence-electron chi connectivity index (χ2n) is 23.8. The summed E-state index contributed by atoms with van der Waals surface area (Å²) in [5.74, 6) is 2.62. The molecule has 366 valence electrons. The third kappa shape index (κ3) is 36.5. The number of piperidine rings is 1. The number of benzene rings is 3. The largest absolute Gasteiger partial charge is 0.699 e. The first kappa shape index (κ1) is 82.1. The molecule has 1 unspecified atom stereocenters. The maximum atomic E-state index is 7.30. The molecule has 0 bridgehead atoms. The summed E-state index contributed by atoms with van der Waals surface area (Å²) >= 11 is 0. The molecule has 2 N–H and O–H groups in total. The van der Waals surface area contributed by atoms with Gasteiger partial charge in [-0.3, -0.25) is 0 Å². The molecule has 6 rings (SSSR count). The van der Waals surface area contributed by atoms with E-state index in [-0.39, 0.29) is 213 Å². The zero-order valence-electron chi connectivity index (χ0n) is 46.2. The Labute approximate surface area is 567 Å². The first-order valence-electron chi connectivity index (χ1n) is 23.2. The molecule has 67 heavy (non-hydrogen) atoms. The fraction of sp³-hybridized carbons (Fsp3) is 0.661.